The molecule has 2 aromatic carbocycles. The van der Waals surface area contributed by atoms with Crippen molar-refractivity contribution in [3.05, 3.63) is 52.5 Å². The summed E-state index contributed by atoms with van der Waals surface area (Å²) in [6.45, 7) is 13.8. The van der Waals surface area contributed by atoms with Crippen molar-refractivity contribution in [1.29, 1.82) is 0 Å². The van der Waals surface area contributed by atoms with Gasteiger partial charge in [0.05, 0.1) is 29.2 Å². The molecule has 7 heteroatoms. The maximum absolute atomic E-state index is 13.1. The van der Waals surface area contributed by atoms with Crippen molar-refractivity contribution in [3.63, 3.8) is 0 Å². The standard InChI is InChI=1S/C34H45ClN2O4/c1-7-33(3,4)22-15-18-29(26(20-22)34(5,6)8-2)41-19-11-14-30(38)36-23-16-17-27(35)28(21-23)37-31(39)24-12-9-10-13-25(24)32(37)40/h15-18,20-21,24-25H,7-14,19H2,1-6H3,(H,36,38)/t24-,25-/m1/s1. The largest absolute Gasteiger partial charge is 0.493 e. The second kappa shape index (κ2) is 12.6. The fraction of sp³-hybridized carbons (Fsp3) is 0.559. The maximum Gasteiger partial charge on any atom is 0.237 e. The monoisotopic (exact) mass is 580 g/mol. The summed E-state index contributed by atoms with van der Waals surface area (Å²) in [6.07, 6.45) is 6.25. The van der Waals surface area contributed by atoms with Crippen LogP contribution in [-0.4, -0.2) is 24.3 Å². The van der Waals surface area contributed by atoms with Crippen LogP contribution in [0.1, 0.15) is 104 Å². The van der Waals surface area contributed by atoms with Crippen LogP contribution >= 0.6 is 11.6 Å². The van der Waals surface area contributed by atoms with Gasteiger partial charge in [0.15, 0.2) is 0 Å². The Morgan fingerprint density at radius 3 is 2.20 bits per heavy atom. The lowest BCUT2D eigenvalue weighted by Gasteiger charge is -2.30. The number of imide groups is 1. The summed E-state index contributed by atoms with van der Waals surface area (Å²) < 4.78 is 6.22. The van der Waals surface area contributed by atoms with E-state index in [0.29, 0.717) is 29.4 Å². The topological polar surface area (TPSA) is 75.7 Å². The predicted molar refractivity (Wildman–Crippen MR) is 166 cm³/mol. The van der Waals surface area contributed by atoms with Gasteiger partial charge in [-0.1, -0.05) is 78.1 Å². The number of carbonyl (C=O) groups excluding carboxylic acids is 3. The first-order valence-corrected chi connectivity index (χ1v) is 15.5. The van der Waals surface area contributed by atoms with Gasteiger partial charge in [0.2, 0.25) is 17.7 Å². The molecule has 1 N–H and O–H groups in total. The van der Waals surface area contributed by atoms with Crippen LogP contribution in [0.5, 0.6) is 5.75 Å². The second-order valence-corrected chi connectivity index (χ2v) is 13.3. The van der Waals surface area contributed by atoms with E-state index in [1.54, 1.807) is 18.2 Å². The average molecular weight is 581 g/mol. The summed E-state index contributed by atoms with van der Waals surface area (Å²) in [7, 11) is 0. The van der Waals surface area contributed by atoms with E-state index >= 15 is 0 Å². The van der Waals surface area contributed by atoms with E-state index in [-0.39, 0.29) is 46.8 Å². The number of benzene rings is 2. The minimum absolute atomic E-state index is 0.0330. The Morgan fingerprint density at radius 1 is 0.951 bits per heavy atom. The molecule has 2 atom stereocenters. The van der Waals surface area contributed by atoms with Gasteiger partial charge in [-0.15, -0.1) is 0 Å². The molecule has 1 heterocycles. The fourth-order valence-corrected chi connectivity index (χ4v) is 6.00. The molecule has 3 amide bonds. The van der Waals surface area contributed by atoms with Crippen LogP contribution in [0.2, 0.25) is 5.02 Å². The van der Waals surface area contributed by atoms with E-state index in [4.69, 9.17) is 16.3 Å². The van der Waals surface area contributed by atoms with Gasteiger partial charge in [0.25, 0.3) is 0 Å². The number of nitrogens with one attached hydrogen (secondary N) is 1. The lowest BCUT2D eigenvalue weighted by molar-refractivity contribution is -0.122. The highest BCUT2D eigenvalue weighted by atomic mass is 35.5. The van der Waals surface area contributed by atoms with Crippen LogP contribution in [0.15, 0.2) is 36.4 Å². The highest BCUT2D eigenvalue weighted by Gasteiger charge is 2.49. The summed E-state index contributed by atoms with van der Waals surface area (Å²) in [6, 6.07) is 11.5. The van der Waals surface area contributed by atoms with Crippen LogP contribution in [0.3, 0.4) is 0 Å². The molecule has 1 aliphatic carbocycles. The second-order valence-electron chi connectivity index (χ2n) is 12.9. The quantitative estimate of drug-likeness (QED) is 0.215. The van der Waals surface area contributed by atoms with Gasteiger partial charge in [0, 0.05) is 17.7 Å². The molecule has 1 saturated carbocycles. The summed E-state index contributed by atoms with van der Waals surface area (Å²) in [4.78, 5) is 40.1. The van der Waals surface area contributed by atoms with Crippen molar-refractivity contribution < 1.29 is 19.1 Å². The third-order valence-corrected chi connectivity index (χ3v) is 9.70. The minimum atomic E-state index is -0.261. The Bertz CT molecular complexity index is 1280. The zero-order chi connectivity index (χ0) is 29.9. The summed E-state index contributed by atoms with van der Waals surface area (Å²) >= 11 is 6.42. The number of carbonyl (C=O) groups is 3. The summed E-state index contributed by atoms with van der Waals surface area (Å²) in [5.41, 5.74) is 3.41. The van der Waals surface area contributed by atoms with E-state index in [1.807, 2.05) is 0 Å². The first-order valence-electron chi connectivity index (χ1n) is 15.1. The molecule has 2 fully saturated rings. The minimum Gasteiger partial charge on any atom is -0.493 e. The van der Waals surface area contributed by atoms with E-state index < -0.39 is 0 Å². The van der Waals surface area contributed by atoms with Gasteiger partial charge in [-0.05, 0) is 72.8 Å². The van der Waals surface area contributed by atoms with E-state index in [2.05, 4.69) is 65.1 Å². The van der Waals surface area contributed by atoms with Gasteiger partial charge in [-0.2, -0.15) is 0 Å². The molecule has 4 rings (SSSR count). The number of amides is 3. The number of ether oxygens (including phenoxy) is 1. The number of nitrogens with zero attached hydrogens (tertiary/aromatic N) is 1. The van der Waals surface area contributed by atoms with Crippen LogP contribution in [-0.2, 0) is 25.2 Å². The van der Waals surface area contributed by atoms with E-state index in [1.165, 1.54) is 16.0 Å². The van der Waals surface area contributed by atoms with E-state index in [0.717, 1.165) is 44.3 Å². The van der Waals surface area contributed by atoms with Crippen molar-refractivity contribution in [3.8, 4) is 5.75 Å². The Kier molecular flexibility index (Phi) is 9.52. The van der Waals surface area contributed by atoms with Crippen molar-refractivity contribution >= 4 is 40.7 Å². The molecule has 222 valence electrons. The molecular formula is C34H45ClN2O4. The smallest absolute Gasteiger partial charge is 0.237 e. The summed E-state index contributed by atoms with van der Waals surface area (Å²) in [5, 5.41) is 3.21. The first kappa shape index (κ1) is 31.1. The number of hydrogen-bond acceptors (Lipinski definition) is 4. The molecule has 1 saturated heterocycles. The SMILES string of the molecule is CCC(C)(C)c1ccc(OCCCC(=O)Nc2ccc(Cl)c(N3C(=O)[C@@H]4CCCC[C@H]4C3=O)c2)c(C(C)(C)CC)c1. The predicted octanol–water partition coefficient (Wildman–Crippen LogP) is 8.19. The van der Waals surface area contributed by atoms with Gasteiger partial charge in [-0.25, -0.2) is 4.90 Å². The molecule has 0 unspecified atom stereocenters. The highest BCUT2D eigenvalue weighted by molar-refractivity contribution is 6.36. The van der Waals surface area contributed by atoms with Gasteiger partial charge >= 0.3 is 0 Å². The maximum atomic E-state index is 13.1. The Labute approximate surface area is 250 Å². The lowest BCUT2D eigenvalue weighted by atomic mass is 9.76. The van der Waals surface area contributed by atoms with Crippen molar-refractivity contribution in [2.24, 2.45) is 11.8 Å². The lowest BCUT2D eigenvalue weighted by Crippen LogP contribution is -2.31. The Hall–Kier alpha value is -2.86. The fourth-order valence-electron chi connectivity index (χ4n) is 5.80. The van der Waals surface area contributed by atoms with Gasteiger partial charge in [0.1, 0.15) is 5.75 Å². The van der Waals surface area contributed by atoms with Crippen molar-refractivity contribution in [1.82, 2.24) is 0 Å². The van der Waals surface area contributed by atoms with Crippen molar-refractivity contribution in [2.45, 2.75) is 104 Å². The molecule has 41 heavy (non-hydrogen) atoms. The Morgan fingerprint density at radius 2 is 1.59 bits per heavy atom. The summed E-state index contributed by atoms with van der Waals surface area (Å²) in [5.74, 6) is -0.176. The zero-order valence-electron chi connectivity index (χ0n) is 25.4. The molecular weight excluding hydrogens is 536 g/mol. The molecule has 0 aromatic heterocycles. The average Bonchev–Trinajstić information content (AvgIpc) is 3.21. The Balaban J connectivity index is 1.37. The number of halogens is 1. The molecule has 1 aliphatic heterocycles. The molecule has 2 aliphatic rings. The zero-order valence-corrected chi connectivity index (χ0v) is 26.2. The number of fused-ring (bicyclic) bond motifs is 1. The molecule has 6 nitrogen and oxygen atoms in total. The highest BCUT2D eigenvalue weighted by Crippen LogP contribution is 2.43. The molecule has 0 radical (unpaired) electrons. The van der Waals surface area contributed by atoms with Crippen LogP contribution < -0.4 is 15.0 Å². The van der Waals surface area contributed by atoms with Crippen LogP contribution in [0.25, 0.3) is 0 Å². The molecule has 0 bridgehead atoms. The van der Waals surface area contributed by atoms with Gasteiger partial charge < -0.3 is 10.1 Å². The number of anilines is 2. The third-order valence-electron chi connectivity index (χ3n) is 9.38. The first-order chi connectivity index (χ1) is 19.4. The van der Waals surface area contributed by atoms with Crippen molar-refractivity contribution in [2.75, 3.05) is 16.8 Å². The number of hydrogen-bond donors (Lipinski definition) is 1. The normalized spacial score (nSPS) is 19.3. The van der Waals surface area contributed by atoms with E-state index in [9.17, 15) is 14.4 Å². The van der Waals surface area contributed by atoms with Crippen LogP contribution in [0.4, 0.5) is 11.4 Å². The molecule has 0 spiro atoms. The van der Waals surface area contributed by atoms with Crippen LogP contribution in [0, 0.1) is 11.8 Å². The molecule has 2 aromatic rings. The third kappa shape index (κ3) is 6.63. The number of rotatable bonds is 11. The van der Waals surface area contributed by atoms with Gasteiger partial charge in [-0.3, -0.25) is 14.4 Å².